The van der Waals surface area contributed by atoms with Crippen molar-refractivity contribution in [1.29, 1.82) is 0 Å². The number of amides is 1. The van der Waals surface area contributed by atoms with Crippen LogP contribution in [0.5, 0.6) is 0 Å². The summed E-state index contributed by atoms with van der Waals surface area (Å²) in [4.78, 5) is 21.0. The van der Waals surface area contributed by atoms with Gasteiger partial charge in [0.05, 0.1) is 12.2 Å². The fourth-order valence-corrected chi connectivity index (χ4v) is 1.10. The van der Waals surface area contributed by atoms with Crippen LogP contribution in [0.1, 0.15) is 6.42 Å². The zero-order valence-electron chi connectivity index (χ0n) is 8.65. The molecule has 0 saturated carbocycles. The van der Waals surface area contributed by atoms with Crippen molar-refractivity contribution in [2.45, 2.75) is 6.42 Å². The van der Waals surface area contributed by atoms with E-state index in [0.29, 0.717) is 18.2 Å². The van der Waals surface area contributed by atoms with Crippen molar-refractivity contribution in [3.05, 3.63) is 0 Å². The number of rotatable bonds is 7. The van der Waals surface area contributed by atoms with Crippen LogP contribution in [0.2, 0.25) is 0 Å². The normalized spacial score (nSPS) is 9.31. The molecule has 0 rings (SSSR count). The highest BCUT2D eigenvalue weighted by Crippen LogP contribution is 1.76. The van der Waals surface area contributed by atoms with Gasteiger partial charge in [0.15, 0.2) is 5.11 Å². The predicted molar refractivity (Wildman–Crippen MR) is 67.7 cm³/mol. The maximum absolute atomic E-state index is 10.8. The summed E-state index contributed by atoms with van der Waals surface area (Å²) in [7, 11) is 0. The molecule has 0 aromatic carbocycles. The first kappa shape index (κ1) is 15.0. The summed E-state index contributed by atoms with van der Waals surface area (Å²) >= 11 is 8.67. The lowest BCUT2D eigenvalue weighted by Gasteiger charge is -2.09. The highest BCUT2D eigenvalue weighted by molar-refractivity contribution is 7.81. The van der Waals surface area contributed by atoms with Crippen LogP contribution in [0.3, 0.4) is 0 Å². The van der Waals surface area contributed by atoms with Crippen molar-refractivity contribution in [3.8, 4) is 0 Å². The first-order valence-corrected chi connectivity index (χ1v) is 5.71. The first-order chi connectivity index (χ1) is 7.56. The van der Waals surface area contributed by atoms with Crippen LogP contribution in [0.15, 0.2) is 0 Å². The number of hydrogen-bond donors (Lipinski definition) is 5. The molecule has 0 aromatic rings. The SMILES string of the molecule is O=C(O)CCNC(=S)NCCNC(=O)CS. The molecule has 0 saturated heterocycles. The first-order valence-electron chi connectivity index (χ1n) is 4.67. The van der Waals surface area contributed by atoms with Crippen molar-refractivity contribution in [1.82, 2.24) is 16.0 Å². The molecule has 0 fully saturated rings. The van der Waals surface area contributed by atoms with E-state index in [9.17, 15) is 9.59 Å². The van der Waals surface area contributed by atoms with Gasteiger partial charge in [-0.1, -0.05) is 0 Å². The minimum atomic E-state index is -0.878. The topological polar surface area (TPSA) is 90.5 Å². The average Bonchev–Trinajstić information content (AvgIpc) is 2.23. The Balaban J connectivity index is 3.37. The maximum atomic E-state index is 10.8. The van der Waals surface area contributed by atoms with Gasteiger partial charge in [0.1, 0.15) is 0 Å². The molecule has 8 heteroatoms. The minimum absolute atomic E-state index is 0.0121. The van der Waals surface area contributed by atoms with E-state index < -0.39 is 5.97 Å². The fourth-order valence-electron chi connectivity index (χ4n) is 0.779. The van der Waals surface area contributed by atoms with E-state index in [4.69, 9.17) is 17.3 Å². The molecular formula is C8H15N3O3S2. The fraction of sp³-hybridized carbons (Fsp3) is 0.625. The molecule has 0 aliphatic carbocycles. The Morgan fingerprint density at radius 1 is 1.12 bits per heavy atom. The van der Waals surface area contributed by atoms with Crippen molar-refractivity contribution in [3.63, 3.8) is 0 Å². The molecule has 0 spiro atoms. The third-order valence-electron chi connectivity index (χ3n) is 1.50. The largest absolute Gasteiger partial charge is 0.481 e. The molecular weight excluding hydrogens is 250 g/mol. The second-order valence-corrected chi connectivity index (χ2v) is 3.56. The van der Waals surface area contributed by atoms with E-state index in [0.717, 1.165) is 0 Å². The van der Waals surface area contributed by atoms with Crippen molar-refractivity contribution in [2.24, 2.45) is 0 Å². The Morgan fingerprint density at radius 2 is 1.69 bits per heavy atom. The quantitative estimate of drug-likeness (QED) is 0.230. The molecule has 4 N–H and O–H groups in total. The molecule has 0 bridgehead atoms. The zero-order valence-corrected chi connectivity index (χ0v) is 10.4. The number of thiocarbonyl (C=S) groups is 1. The Kier molecular flexibility index (Phi) is 8.64. The van der Waals surface area contributed by atoms with Gasteiger partial charge in [-0.15, -0.1) is 0 Å². The lowest BCUT2D eigenvalue weighted by atomic mass is 10.4. The van der Waals surface area contributed by atoms with E-state index in [1.165, 1.54) is 0 Å². The van der Waals surface area contributed by atoms with Crippen LogP contribution in [0, 0.1) is 0 Å². The number of carbonyl (C=O) groups is 2. The van der Waals surface area contributed by atoms with Crippen molar-refractivity contribution < 1.29 is 14.7 Å². The van der Waals surface area contributed by atoms with E-state index in [1.54, 1.807) is 0 Å². The summed E-state index contributed by atoms with van der Waals surface area (Å²) in [6.07, 6.45) is 0.0121. The van der Waals surface area contributed by atoms with Crippen LogP contribution in [-0.4, -0.2) is 47.5 Å². The van der Waals surface area contributed by atoms with E-state index in [1.807, 2.05) is 0 Å². The molecule has 1 amide bonds. The third kappa shape index (κ3) is 9.53. The molecule has 0 aromatic heterocycles. The van der Waals surface area contributed by atoms with Gasteiger partial charge in [-0.25, -0.2) is 0 Å². The van der Waals surface area contributed by atoms with Gasteiger partial charge in [-0.05, 0) is 12.2 Å². The molecule has 16 heavy (non-hydrogen) atoms. The summed E-state index contributed by atoms with van der Waals surface area (Å²) in [5.41, 5.74) is 0. The highest BCUT2D eigenvalue weighted by Gasteiger charge is 1.99. The number of thiol groups is 1. The van der Waals surface area contributed by atoms with Gasteiger partial charge < -0.3 is 21.1 Å². The van der Waals surface area contributed by atoms with Gasteiger partial charge in [0, 0.05) is 19.6 Å². The van der Waals surface area contributed by atoms with Crippen molar-refractivity contribution in [2.75, 3.05) is 25.4 Å². The molecule has 0 aliphatic heterocycles. The Labute approximate surface area is 105 Å². The van der Waals surface area contributed by atoms with Crippen LogP contribution in [-0.2, 0) is 9.59 Å². The third-order valence-corrected chi connectivity index (χ3v) is 2.08. The summed E-state index contributed by atoms with van der Waals surface area (Å²) in [6.45, 7) is 1.21. The summed E-state index contributed by atoms with van der Waals surface area (Å²) in [5, 5.41) is 16.9. The second-order valence-electron chi connectivity index (χ2n) is 2.83. The molecule has 92 valence electrons. The van der Waals surface area contributed by atoms with Crippen LogP contribution >= 0.6 is 24.8 Å². The van der Waals surface area contributed by atoms with Crippen LogP contribution in [0.4, 0.5) is 0 Å². The van der Waals surface area contributed by atoms with Gasteiger partial charge in [0.2, 0.25) is 5.91 Å². The number of aliphatic carboxylic acids is 1. The zero-order chi connectivity index (χ0) is 12.4. The molecule has 0 radical (unpaired) electrons. The maximum Gasteiger partial charge on any atom is 0.305 e. The Morgan fingerprint density at radius 3 is 2.25 bits per heavy atom. The van der Waals surface area contributed by atoms with E-state index in [2.05, 4.69) is 28.6 Å². The molecule has 0 aliphatic rings. The van der Waals surface area contributed by atoms with Gasteiger partial charge in [-0.2, -0.15) is 12.6 Å². The highest BCUT2D eigenvalue weighted by atomic mass is 32.1. The van der Waals surface area contributed by atoms with E-state index in [-0.39, 0.29) is 24.6 Å². The molecule has 0 heterocycles. The number of hydrogen-bond acceptors (Lipinski definition) is 4. The standard InChI is InChI=1S/C8H15N3O3S2/c12-6(5-15)9-3-4-11-8(16)10-2-1-7(13)14/h15H,1-5H2,(H,9,12)(H,13,14)(H2,10,11,16). The average molecular weight is 265 g/mol. The molecule has 6 nitrogen and oxygen atoms in total. The smallest absolute Gasteiger partial charge is 0.305 e. The Bertz CT molecular complexity index is 261. The molecule has 0 atom stereocenters. The lowest BCUT2D eigenvalue weighted by molar-refractivity contribution is -0.136. The predicted octanol–water partition coefficient (Wildman–Crippen LogP) is -1.03. The van der Waals surface area contributed by atoms with E-state index >= 15 is 0 Å². The summed E-state index contributed by atoms with van der Waals surface area (Å²) in [5.74, 6) is -0.868. The number of carbonyl (C=O) groups excluding carboxylic acids is 1. The summed E-state index contributed by atoms with van der Waals surface area (Å²) in [6, 6.07) is 0. The number of nitrogens with one attached hydrogen (secondary N) is 3. The molecule has 0 unspecified atom stereocenters. The van der Waals surface area contributed by atoms with Gasteiger partial charge >= 0.3 is 5.97 Å². The van der Waals surface area contributed by atoms with Gasteiger partial charge in [-0.3, -0.25) is 9.59 Å². The van der Waals surface area contributed by atoms with Crippen LogP contribution < -0.4 is 16.0 Å². The Hall–Kier alpha value is -1.02. The lowest BCUT2D eigenvalue weighted by Crippen LogP contribution is -2.40. The van der Waals surface area contributed by atoms with Crippen LogP contribution in [0.25, 0.3) is 0 Å². The monoisotopic (exact) mass is 265 g/mol. The summed E-state index contributed by atoms with van der Waals surface area (Å²) < 4.78 is 0. The minimum Gasteiger partial charge on any atom is -0.481 e. The number of carboxylic acid groups (broad SMARTS) is 1. The number of carboxylic acids is 1. The second kappa shape index (κ2) is 9.22. The van der Waals surface area contributed by atoms with Crippen molar-refractivity contribution >= 4 is 41.8 Å². The van der Waals surface area contributed by atoms with Gasteiger partial charge in [0.25, 0.3) is 0 Å².